The Morgan fingerprint density at radius 1 is 1.14 bits per heavy atom. The quantitative estimate of drug-likeness (QED) is 0.697. The molecule has 0 aliphatic carbocycles. The molecule has 0 saturated carbocycles. The van der Waals surface area contributed by atoms with Crippen molar-refractivity contribution in [3.05, 3.63) is 45.8 Å². The summed E-state index contributed by atoms with van der Waals surface area (Å²) in [5.74, 6) is 0.120. The number of quaternary nitrogens is 1. The number of amides is 1. The molecule has 1 aromatic carbocycles. The van der Waals surface area contributed by atoms with E-state index in [0.29, 0.717) is 29.3 Å². The van der Waals surface area contributed by atoms with E-state index in [9.17, 15) is 9.59 Å². The molecule has 1 atom stereocenters. The predicted molar refractivity (Wildman–Crippen MR) is 110 cm³/mol. The molecule has 150 valence electrons. The Labute approximate surface area is 169 Å². The van der Waals surface area contributed by atoms with Gasteiger partial charge in [0, 0.05) is 12.0 Å². The highest BCUT2D eigenvalue weighted by molar-refractivity contribution is 7.17. The fourth-order valence-corrected chi connectivity index (χ4v) is 4.69. The Hall–Kier alpha value is -2.38. The second kappa shape index (κ2) is 9.21. The number of rotatable bonds is 7. The Kier molecular flexibility index (Phi) is 6.70. The summed E-state index contributed by atoms with van der Waals surface area (Å²) in [6, 6.07) is 6.99. The number of hydrogen-bond donors (Lipinski definition) is 2. The number of anilines is 1. The summed E-state index contributed by atoms with van der Waals surface area (Å²) >= 11 is 1.49. The number of thiophene rings is 1. The van der Waals surface area contributed by atoms with E-state index in [2.05, 4.69) is 12.2 Å². The van der Waals surface area contributed by atoms with Gasteiger partial charge in [-0.2, -0.15) is 0 Å². The zero-order valence-electron chi connectivity index (χ0n) is 16.6. The number of hydrogen-bond acceptors (Lipinski definition) is 5. The Bertz CT molecular complexity index is 845. The monoisotopic (exact) mass is 403 g/mol. The van der Waals surface area contributed by atoms with Gasteiger partial charge in [-0.25, -0.2) is 4.79 Å². The summed E-state index contributed by atoms with van der Waals surface area (Å²) in [7, 11) is 0. The molecule has 1 aliphatic rings. The zero-order valence-corrected chi connectivity index (χ0v) is 17.4. The summed E-state index contributed by atoms with van der Waals surface area (Å²) < 4.78 is 10.7. The first-order chi connectivity index (χ1) is 13.6. The third-order valence-electron chi connectivity index (χ3n) is 4.86. The molecule has 1 aliphatic heterocycles. The van der Waals surface area contributed by atoms with Crippen molar-refractivity contribution in [1.29, 1.82) is 0 Å². The van der Waals surface area contributed by atoms with Crippen molar-refractivity contribution in [2.45, 2.75) is 33.7 Å². The number of nitrogens with one attached hydrogen (secondary N) is 2. The maximum atomic E-state index is 12.7. The molecule has 6 nitrogen and oxygen atoms in total. The number of likely N-dealkylation sites (N-methyl/N-ethyl adjacent to an activating group) is 1. The summed E-state index contributed by atoms with van der Waals surface area (Å²) in [5.41, 5.74) is 2.07. The van der Waals surface area contributed by atoms with Crippen molar-refractivity contribution < 1.29 is 24.0 Å². The number of benzene rings is 1. The lowest BCUT2D eigenvalue weighted by atomic mass is 10.0. The molecule has 2 heterocycles. The smallest absolute Gasteiger partial charge is 0.341 e. The van der Waals surface area contributed by atoms with Crippen LogP contribution in [-0.4, -0.2) is 38.2 Å². The standard InChI is InChI=1S/C21H26N2O4S/c1-4-23-12-11-16-17(13-23)28-20(18(16)21(25)27-6-3)22-19(24)14-7-9-15(10-8-14)26-5-2/h7-10H,4-6,11-13H2,1-3H3,(H,22,24)/p+1. The maximum absolute atomic E-state index is 12.7. The van der Waals surface area contributed by atoms with E-state index < -0.39 is 0 Å². The number of carbonyl (C=O) groups is 2. The highest BCUT2D eigenvalue weighted by atomic mass is 32.1. The van der Waals surface area contributed by atoms with Crippen LogP contribution in [0.3, 0.4) is 0 Å². The van der Waals surface area contributed by atoms with Gasteiger partial charge in [-0.15, -0.1) is 11.3 Å². The van der Waals surface area contributed by atoms with Crippen LogP contribution in [0.2, 0.25) is 0 Å². The van der Waals surface area contributed by atoms with Gasteiger partial charge in [-0.3, -0.25) is 4.79 Å². The molecule has 1 unspecified atom stereocenters. The van der Waals surface area contributed by atoms with Gasteiger partial charge in [-0.05, 0) is 50.6 Å². The van der Waals surface area contributed by atoms with Crippen molar-refractivity contribution >= 4 is 28.2 Å². The Morgan fingerprint density at radius 2 is 1.89 bits per heavy atom. The first-order valence-electron chi connectivity index (χ1n) is 9.76. The topological polar surface area (TPSA) is 69.1 Å². The molecule has 0 saturated heterocycles. The lowest BCUT2D eigenvalue weighted by molar-refractivity contribution is -0.913. The molecule has 1 aromatic heterocycles. The van der Waals surface area contributed by atoms with Crippen LogP contribution in [-0.2, 0) is 17.7 Å². The van der Waals surface area contributed by atoms with Crippen molar-refractivity contribution in [1.82, 2.24) is 0 Å². The molecule has 2 N–H and O–H groups in total. The molecule has 0 bridgehead atoms. The normalized spacial score (nSPS) is 15.6. The van der Waals surface area contributed by atoms with Crippen molar-refractivity contribution in [3.8, 4) is 5.75 Å². The van der Waals surface area contributed by atoms with Crippen LogP contribution < -0.4 is 15.0 Å². The first kappa shape index (κ1) is 20.4. The predicted octanol–water partition coefficient (Wildman–Crippen LogP) is 2.54. The van der Waals surface area contributed by atoms with Crippen LogP contribution in [0.4, 0.5) is 5.00 Å². The van der Waals surface area contributed by atoms with Crippen LogP contribution in [0.5, 0.6) is 5.75 Å². The molecule has 0 spiro atoms. The van der Waals surface area contributed by atoms with E-state index in [1.54, 1.807) is 31.2 Å². The van der Waals surface area contributed by atoms with Gasteiger partial charge in [0.05, 0.1) is 36.7 Å². The lowest BCUT2D eigenvalue weighted by Crippen LogP contribution is -3.11. The molecular formula is C21H27N2O4S+. The molecule has 3 rings (SSSR count). The minimum absolute atomic E-state index is 0.244. The Balaban J connectivity index is 1.86. The highest BCUT2D eigenvalue weighted by Crippen LogP contribution is 2.35. The van der Waals surface area contributed by atoms with Gasteiger partial charge < -0.3 is 19.7 Å². The minimum atomic E-state index is -0.359. The fraction of sp³-hybridized carbons (Fsp3) is 0.429. The van der Waals surface area contributed by atoms with E-state index in [1.165, 1.54) is 16.2 Å². The van der Waals surface area contributed by atoms with Crippen molar-refractivity contribution in [2.24, 2.45) is 0 Å². The average molecular weight is 404 g/mol. The third-order valence-corrected chi connectivity index (χ3v) is 6.01. The van der Waals surface area contributed by atoms with Gasteiger partial charge in [0.15, 0.2) is 0 Å². The minimum Gasteiger partial charge on any atom is -0.494 e. The summed E-state index contributed by atoms with van der Waals surface area (Å²) in [5, 5.41) is 3.52. The summed E-state index contributed by atoms with van der Waals surface area (Å²) in [6.07, 6.45) is 0.822. The van der Waals surface area contributed by atoms with Crippen molar-refractivity contribution in [3.63, 3.8) is 0 Å². The average Bonchev–Trinajstić information content (AvgIpc) is 3.05. The molecule has 1 amide bonds. The van der Waals surface area contributed by atoms with Gasteiger partial charge in [-0.1, -0.05) is 0 Å². The van der Waals surface area contributed by atoms with E-state index >= 15 is 0 Å². The van der Waals surface area contributed by atoms with Crippen molar-refractivity contribution in [2.75, 3.05) is 31.6 Å². The molecule has 0 fully saturated rings. The van der Waals surface area contributed by atoms with Crippen LogP contribution in [0.15, 0.2) is 24.3 Å². The fourth-order valence-electron chi connectivity index (χ4n) is 3.39. The summed E-state index contributed by atoms with van der Waals surface area (Å²) in [6.45, 7) is 9.65. The van der Waals surface area contributed by atoms with E-state index in [4.69, 9.17) is 9.47 Å². The third kappa shape index (κ3) is 4.36. The number of fused-ring (bicyclic) bond motifs is 1. The van der Waals surface area contributed by atoms with Crippen LogP contribution >= 0.6 is 11.3 Å². The molecule has 0 radical (unpaired) electrons. The van der Waals surface area contributed by atoms with Crippen LogP contribution in [0.25, 0.3) is 0 Å². The molecule has 28 heavy (non-hydrogen) atoms. The van der Waals surface area contributed by atoms with E-state index in [1.807, 2.05) is 6.92 Å². The molecular weight excluding hydrogens is 376 g/mol. The largest absolute Gasteiger partial charge is 0.494 e. The number of carbonyl (C=O) groups excluding carboxylic acids is 2. The lowest BCUT2D eigenvalue weighted by Gasteiger charge is -2.22. The van der Waals surface area contributed by atoms with Crippen LogP contribution in [0.1, 0.15) is 51.9 Å². The van der Waals surface area contributed by atoms with Gasteiger partial charge in [0.25, 0.3) is 5.91 Å². The highest BCUT2D eigenvalue weighted by Gasteiger charge is 2.30. The Morgan fingerprint density at radius 3 is 2.54 bits per heavy atom. The molecule has 2 aromatic rings. The van der Waals surface area contributed by atoms with E-state index in [0.717, 1.165) is 42.2 Å². The second-order valence-electron chi connectivity index (χ2n) is 6.62. The first-order valence-corrected chi connectivity index (χ1v) is 10.6. The van der Waals surface area contributed by atoms with E-state index in [-0.39, 0.29) is 11.9 Å². The zero-order chi connectivity index (χ0) is 20.1. The molecule has 7 heteroatoms. The maximum Gasteiger partial charge on any atom is 0.341 e. The SMILES string of the molecule is CCOC(=O)c1c(NC(=O)c2ccc(OCC)cc2)sc2c1CC[NH+](CC)C2. The van der Waals surface area contributed by atoms with Gasteiger partial charge >= 0.3 is 5.97 Å². The number of esters is 1. The van der Waals surface area contributed by atoms with Gasteiger partial charge in [0.2, 0.25) is 0 Å². The van der Waals surface area contributed by atoms with Crippen LogP contribution in [0, 0.1) is 0 Å². The van der Waals surface area contributed by atoms with Gasteiger partial charge in [0.1, 0.15) is 17.3 Å². The summed E-state index contributed by atoms with van der Waals surface area (Å²) in [4.78, 5) is 28.0. The number of ether oxygens (including phenoxy) is 2. The second-order valence-corrected chi connectivity index (χ2v) is 7.73.